The fourth-order valence-electron chi connectivity index (χ4n) is 1.74. The molecule has 0 aliphatic carbocycles. The van der Waals surface area contributed by atoms with Crippen molar-refractivity contribution >= 4 is 35.4 Å². The molecule has 0 atom stereocenters. The van der Waals surface area contributed by atoms with Crippen LogP contribution in [0.25, 0.3) is 0 Å². The van der Waals surface area contributed by atoms with Gasteiger partial charge in [0.25, 0.3) is 0 Å². The van der Waals surface area contributed by atoms with Gasteiger partial charge in [-0.3, -0.25) is 14.4 Å². The quantitative estimate of drug-likeness (QED) is 0.620. The van der Waals surface area contributed by atoms with Crippen LogP contribution >= 0.6 is 11.8 Å². The fraction of sp³-hybridized carbons (Fsp3) is 0.571. The van der Waals surface area contributed by atoms with Gasteiger partial charge in [0.05, 0.1) is 11.5 Å². The van der Waals surface area contributed by atoms with E-state index in [0.29, 0.717) is 18.0 Å². The normalized spacial score (nSPS) is 11.1. The van der Waals surface area contributed by atoms with Gasteiger partial charge in [0.15, 0.2) is 5.82 Å². The number of aryl methyl sites for hydroxylation is 1. The van der Waals surface area contributed by atoms with E-state index in [2.05, 4.69) is 15.8 Å². The maximum Gasteiger partial charge on any atom is 0.303 e. The molecule has 1 heterocycles. The molecular formula is C14H21N3O5S. The SMILES string of the molecule is Cc1cc(NC(=O)CSCC(=O)NC(C)(C)CCC(=O)O)no1. The summed E-state index contributed by atoms with van der Waals surface area (Å²) in [5.74, 6) is -0.266. The fourth-order valence-corrected chi connectivity index (χ4v) is 2.35. The van der Waals surface area contributed by atoms with Gasteiger partial charge in [-0.25, -0.2) is 0 Å². The number of amides is 2. The number of rotatable bonds is 9. The van der Waals surface area contributed by atoms with Gasteiger partial charge < -0.3 is 20.3 Å². The largest absolute Gasteiger partial charge is 0.481 e. The summed E-state index contributed by atoms with van der Waals surface area (Å²) in [6.07, 6.45) is 0.324. The van der Waals surface area contributed by atoms with Crippen LogP contribution in [0.2, 0.25) is 0 Å². The lowest BCUT2D eigenvalue weighted by Crippen LogP contribution is -2.44. The Bertz CT molecular complexity index is 571. The molecule has 0 aliphatic rings. The minimum absolute atomic E-state index is 0.0139. The van der Waals surface area contributed by atoms with Crippen molar-refractivity contribution in [1.82, 2.24) is 10.5 Å². The Morgan fingerprint density at radius 1 is 1.30 bits per heavy atom. The third-order valence-electron chi connectivity index (χ3n) is 2.80. The van der Waals surface area contributed by atoms with Crippen molar-refractivity contribution in [2.45, 2.75) is 39.2 Å². The van der Waals surface area contributed by atoms with Gasteiger partial charge >= 0.3 is 5.97 Å². The number of aliphatic carboxylic acids is 1. The molecule has 8 nitrogen and oxygen atoms in total. The average molecular weight is 343 g/mol. The molecule has 0 saturated heterocycles. The number of aromatic nitrogens is 1. The first-order valence-corrected chi connectivity index (χ1v) is 8.17. The Hall–Kier alpha value is -2.03. The second kappa shape index (κ2) is 8.56. The molecule has 128 valence electrons. The number of carboxylic acids is 1. The van der Waals surface area contributed by atoms with E-state index in [0.717, 1.165) is 11.8 Å². The molecule has 1 aromatic rings. The monoisotopic (exact) mass is 343 g/mol. The highest BCUT2D eigenvalue weighted by Gasteiger charge is 2.21. The van der Waals surface area contributed by atoms with Crippen molar-refractivity contribution < 1.29 is 24.0 Å². The zero-order valence-corrected chi connectivity index (χ0v) is 14.2. The molecule has 3 N–H and O–H groups in total. The Morgan fingerprint density at radius 2 is 1.96 bits per heavy atom. The van der Waals surface area contributed by atoms with Gasteiger partial charge in [0, 0.05) is 18.0 Å². The zero-order valence-electron chi connectivity index (χ0n) is 13.3. The first kappa shape index (κ1) is 19.0. The van der Waals surface area contributed by atoms with E-state index < -0.39 is 11.5 Å². The highest BCUT2D eigenvalue weighted by Crippen LogP contribution is 2.12. The maximum atomic E-state index is 11.8. The van der Waals surface area contributed by atoms with E-state index >= 15 is 0 Å². The van der Waals surface area contributed by atoms with Crippen molar-refractivity contribution in [2.75, 3.05) is 16.8 Å². The van der Waals surface area contributed by atoms with Crippen LogP contribution in [0, 0.1) is 6.92 Å². The van der Waals surface area contributed by atoms with Crippen molar-refractivity contribution in [3.63, 3.8) is 0 Å². The molecule has 0 saturated carbocycles. The lowest BCUT2D eigenvalue weighted by molar-refractivity contribution is -0.137. The van der Waals surface area contributed by atoms with Crippen LogP contribution < -0.4 is 10.6 Å². The van der Waals surface area contributed by atoms with Gasteiger partial charge in [-0.1, -0.05) is 5.16 Å². The summed E-state index contributed by atoms with van der Waals surface area (Å²) in [5, 5.41) is 17.6. The molecule has 0 fully saturated rings. The second-order valence-electron chi connectivity index (χ2n) is 5.69. The summed E-state index contributed by atoms with van der Waals surface area (Å²) < 4.78 is 4.83. The summed E-state index contributed by atoms with van der Waals surface area (Å²) in [6, 6.07) is 1.60. The Balaban J connectivity index is 2.25. The number of carboxylic acid groups (broad SMARTS) is 1. The predicted molar refractivity (Wildman–Crippen MR) is 86.3 cm³/mol. The number of nitrogens with one attached hydrogen (secondary N) is 2. The van der Waals surface area contributed by atoms with Crippen LogP contribution in [-0.4, -0.2) is 45.1 Å². The molecule has 23 heavy (non-hydrogen) atoms. The second-order valence-corrected chi connectivity index (χ2v) is 6.68. The maximum absolute atomic E-state index is 11.8. The molecule has 0 bridgehead atoms. The minimum Gasteiger partial charge on any atom is -0.481 e. The molecule has 1 rings (SSSR count). The predicted octanol–water partition coefficient (Wildman–Crippen LogP) is 1.41. The van der Waals surface area contributed by atoms with Crippen LogP contribution in [0.4, 0.5) is 5.82 Å². The summed E-state index contributed by atoms with van der Waals surface area (Å²) in [6.45, 7) is 5.24. The average Bonchev–Trinajstić information content (AvgIpc) is 2.81. The summed E-state index contributed by atoms with van der Waals surface area (Å²) in [4.78, 5) is 34.0. The number of anilines is 1. The number of thioether (sulfide) groups is 1. The molecular weight excluding hydrogens is 322 g/mol. The van der Waals surface area contributed by atoms with E-state index in [1.54, 1.807) is 26.8 Å². The topological polar surface area (TPSA) is 122 Å². The van der Waals surface area contributed by atoms with E-state index in [1.165, 1.54) is 0 Å². The summed E-state index contributed by atoms with van der Waals surface area (Å²) >= 11 is 1.16. The lowest BCUT2D eigenvalue weighted by atomic mass is 9.98. The summed E-state index contributed by atoms with van der Waals surface area (Å²) in [7, 11) is 0. The Morgan fingerprint density at radius 3 is 2.52 bits per heavy atom. The van der Waals surface area contributed by atoms with Crippen LogP contribution in [0.5, 0.6) is 0 Å². The van der Waals surface area contributed by atoms with E-state index in [9.17, 15) is 14.4 Å². The lowest BCUT2D eigenvalue weighted by Gasteiger charge is -2.25. The van der Waals surface area contributed by atoms with Crippen molar-refractivity contribution in [3.05, 3.63) is 11.8 Å². The zero-order chi connectivity index (χ0) is 17.5. The number of carbonyl (C=O) groups excluding carboxylic acids is 2. The van der Waals surface area contributed by atoms with Crippen molar-refractivity contribution in [3.8, 4) is 0 Å². The molecule has 0 aliphatic heterocycles. The standard InChI is InChI=1S/C14H21N3O5S/c1-9-6-10(17-22-9)15-11(18)7-23-8-12(19)16-14(2,3)5-4-13(20)21/h6H,4-5,7-8H2,1-3H3,(H,16,19)(H,20,21)(H,15,17,18). The molecule has 0 spiro atoms. The molecule has 0 aromatic carbocycles. The third-order valence-corrected chi connectivity index (χ3v) is 3.74. The molecule has 0 radical (unpaired) electrons. The smallest absolute Gasteiger partial charge is 0.303 e. The first-order valence-electron chi connectivity index (χ1n) is 7.02. The highest BCUT2D eigenvalue weighted by atomic mass is 32.2. The number of hydrogen-bond acceptors (Lipinski definition) is 6. The van der Waals surface area contributed by atoms with Crippen LogP contribution in [0.1, 0.15) is 32.4 Å². The van der Waals surface area contributed by atoms with Gasteiger partial charge in [-0.05, 0) is 27.2 Å². The molecule has 2 amide bonds. The van der Waals surface area contributed by atoms with Crippen LogP contribution in [-0.2, 0) is 14.4 Å². The summed E-state index contributed by atoms with van der Waals surface area (Å²) in [5.41, 5.74) is -0.601. The first-order chi connectivity index (χ1) is 10.7. The van der Waals surface area contributed by atoms with Gasteiger partial charge in [0.2, 0.25) is 11.8 Å². The van der Waals surface area contributed by atoms with Gasteiger partial charge in [-0.2, -0.15) is 0 Å². The molecule has 0 unspecified atom stereocenters. The minimum atomic E-state index is -0.901. The highest BCUT2D eigenvalue weighted by molar-refractivity contribution is 8.00. The number of nitrogens with zero attached hydrogens (tertiary/aromatic N) is 1. The Labute approximate surface area is 138 Å². The van der Waals surface area contributed by atoms with E-state index in [1.807, 2.05) is 0 Å². The van der Waals surface area contributed by atoms with E-state index in [4.69, 9.17) is 9.63 Å². The molecule has 1 aromatic heterocycles. The van der Waals surface area contributed by atoms with E-state index in [-0.39, 0.29) is 29.7 Å². The van der Waals surface area contributed by atoms with Crippen molar-refractivity contribution in [1.29, 1.82) is 0 Å². The van der Waals surface area contributed by atoms with Gasteiger partial charge in [0.1, 0.15) is 5.76 Å². The number of hydrogen-bond donors (Lipinski definition) is 3. The number of carbonyl (C=O) groups is 3. The van der Waals surface area contributed by atoms with Crippen molar-refractivity contribution in [2.24, 2.45) is 0 Å². The van der Waals surface area contributed by atoms with Gasteiger partial charge in [-0.15, -0.1) is 11.8 Å². The van der Waals surface area contributed by atoms with Crippen LogP contribution in [0.3, 0.4) is 0 Å². The molecule has 9 heteroatoms. The third kappa shape index (κ3) is 8.24. The van der Waals surface area contributed by atoms with Crippen LogP contribution in [0.15, 0.2) is 10.6 Å². The Kier molecular flexibility index (Phi) is 7.08.